The maximum absolute atomic E-state index is 14.3. The number of para-hydroxylation sites is 2. The second-order valence-corrected chi connectivity index (χ2v) is 12.3. The van der Waals surface area contributed by atoms with E-state index in [0.29, 0.717) is 41.6 Å². The van der Waals surface area contributed by atoms with E-state index in [4.69, 9.17) is 20.8 Å². The van der Waals surface area contributed by atoms with Crippen molar-refractivity contribution in [2.24, 2.45) is 0 Å². The lowest BCUT2D eigenvalue weighted by Crippen LogP contribution is -2.31. The molecule has 0 saturated heterocycles. The minimum Gasteiger partial charge on any atom is -0.493 e. The summed E-state index contributed by atoms with van der Waals surface area (Å²) in [7, 11) is -3.62. The van der Waals surface area contributed by atoms with Crippen LogP contribution in [0.3, 0.4) is 0 Å². The Morgan fingerprint density at radius 2 is 1.65 bits per heavy atom. The maximum atomic E-state index is 14.3. The topological polar surface area (TPSA) is 88.9 Å². The van der Waals surface area contributed by atoms with Crippen LogP contribution in [0, 0.1) is 0 Å². The van der Waals surface area contributed by atoms with Crippen LogP contribution in [0.5, 0.6) is 5.75 Å². The van der Waals surface area contributed by atoms with Gasteiger partial charge in [0.1, 0.15) is 11.3 Å². The van der Waals surface area contributed by atoms with Crippen molar-refractivity contribution < 1.29 is 22.4 Å². The molecule has 5 rings (SSSR count). The zero-order valence-corrected chi connectivity index (χ0v) is 25.6. The summed E-state index contributed by atoms with van der Waals surface area (Å²) in [6, 6.07) is 28.7. The van der Waals surface area contributed by atoms with Gasteiger partial charge < -0.3 is 14.1 Å². The van der Waals surface area contributed by atoms with Gasteiger partial charge in [-0.3, -0.25) is 4.79 Å². The first-order valence-electron chi connectivity index (χ1n) is 14.2. The molecule has 0 radical (unpaired) electrons. The van der Waals surface area contributed by atoms with Crippen LogP contribution < -0.4 is 14.4 Å². The van der Waals surface area contributed by atoms with Crippen LogP contribution in [0.4, 0.5) is 5.69 Å². The Morgan fingerprint density at radius 3 is 2.40 bits per heavy atom. The van der Waals surface area contributed by atoms with E-state index in [1.54, 1.807) is 47.4 Å². The number of hydrogen-bond donors (Lipinski definition) is 1. The zero-order chi connectivity index (χ0) is 30.4. The van der Waals surface area contributed by atoms with E-state index in [0.717, 1.165) is 28.5 Å². The van der Waals surface area contributed by atoms with E-state index in [-0.39, 0.29) is 23.1 Å². The number of halogens is 1. The van der Waals surface area contributed by atoms with E-state index in [1.165, 1.54) is 0 Å². The summed E-state index contributed by atoms with van der Waals surface area (Å²) >= 11 is 6.41. The van der Waals surface area contributed by atoms with Gasteiger partial charge in [-0.05, 0) is 66.9 Å². The molecule has 0 unspecified atom stereocenters. The lowest BCUT2D eigenvalue weighted by Gasteiger charge is -2.26. The van der Waals surface area contributed by atoms with Gasteiger partial charge in [-0.2, -0.15) is 0 Å². The second kappa shape index (κ2) is 13.5. The number of rotatable bonds is 12. The van der Waals surface area contributed by atoms with Crippen molar-refractivity contribution in [3.63, 3.8) is 0 Å². The first-order chi connectivity index (χ1) is 20.8. The van der Waals surface area contributed by atoms with Crippen molar-refractivity contribution in [1.29, 1.82) is 0 Å². The summed E-state index contributed by atoms with van der Waals surface area (Å²) < 4.78 is 40.0. The zero-order valence-electron chi connectivity index (χ0n) is 24.0. The molecule has 1 heterocycles. The minimum absolute atomic E-state index is 0.153. The maximum Gasteiger partial charge on any atom is 0.294 e. The monoisotopic (exact) mass is 616 g/mol. The van der Waals surface area contributed by atoms with E-state index in [9.17, 15) is 13.2 Å². The van der Waals surface area contributed by atoms with Crippen LogP contribution >= 0.6 is 11.6 Å². The molecule has 0 aliphatic rings. The van der Waals surface area contributed by atoms with Crippen molar-refractivity contribution in [3.05, 3.63) is 113 Å². The standard InChI is InChI=1S/C34H33ClN2O5S/c1-3-19-36-43(39,40)28-16-13-24(14-17-28)29-10-6-7-11-30(29)37(23-26-21-27(35)15-18-31(26)41-20-4-2)34(38)33-22-25-9-5-8-12-32(25)42-33/h5-18,21-22,36H,3-4,19-20,23H2,1-2H3. The van der Waals surface area contributed by atoms with Crippen molar-refractivity contribution in [3.8, 4) is 16.9 Å². The molecule has 0 bridgehead atoms. The van der Waals surface area contributed by atoms with Crippen LogP contribution in [0.1, 0.15) is 42.8 Å². The Kier molecular flexibility index (Phi) is 9.50. The lowest BCUT2D eigenvalue weighted by atomic mass is 10.0. The summed E-state index contributed by atoms with van der Waals surface area (Å²) in [5.41, 5.74) is 3.47. The number of benzene rings is 4. The fourth-order valence-electron chi connectivity index (χ4n) is 4.77. The quantitative estimate of drug-likeness (QED) is 0.153. The number of ether oxygens (including phenoxy) is 1. The van der Waals surface area contributed by atoms with Crippen LogP contribution in [0.15, 0.2) is 106 Å². The molecule has 4 aromatic carbocycles. The molecule has 1 N–H and O–H groups in total. The lowest BCUT2D eigenvalue weighted by molar-refractivity contribution is 0.0960. The third-order valence-electron chi connectivity index (χ3n) is 6.91. The second-order valence-electron chi connectivity index (χ2n) is 10.1. The van der Waals surface area contributed by atoms with Crippen LogP contribution in [0.2, 0.25) is 5.02 Å². The molecule has 0 atom stereocenters. The van der Waals surface area contributed by atoms with Gasteiger partial charge in [0.2, 0.25) is 10.0 Å². The van der Waals surface area contributed by atoms with Gasteiger partial charge >= 0.3 is 0 Å². The molecule has 43 heavy (non-hydrogen) atoms. The number of nitrogens with one attached hydrogen (secondary N) is 1. The molecule has 0 spiro atoms. The number of fused-ring (bicyclic) bond motifs is 1. The Balaban J connectivity index is 1.59. The van der Waals surface area contributed by atoms with Gasteiger partial charge in [-0.15, -0.1) is 0 Å². The third kappa shape index (κ3) is 6.94. The highest BCUT2D eigenvalue weighted by Crippen LogP contribution is 2.36. The Morgan fingerprint density at radius 1 is 0.907 bits per heavy atom. The number of amides is 1. The number of carbonyl (C=O) groups excluding carboxylic acids is 1. The Bertz CT molecular complexity index is 1800. The van der Waals surface area contributed by atoms with Crippen molar-refractivity contribution in [1.82, 2.24) is 4.72 Å². The van der Waals surface area contributed by atoms with E-state index >= 15 is 0 Å². The van der Waals surface area contributed by atoms with Gasteiger partial charge in [0.15, 0.2) is 5.76 Å². The number of hydrogen-bond acceptors (Lipinski definition) is 5. The largest absolute Gasteiger partial charge is 0.493 e. The van der Waals surface area contributed by atoms with Gasteiger partial charge in [0, 0.05) is 28.1 Å². The van der Waals surface area contributed by atoms with Gasteiger partial charge in [0.05, 0.1) is 23.7 Å². The average molecular weight is 617 g/mol. The summed E-state index contributed by atoms with van der Waals surface area (Å²) in [5, 5.41) is 1.35. The molecular formula is C34H33ClN2O5S. The van der Waals surface area contributed by atoms with Gasteiger partial charge in [-0.25, -0.2) is 13.1 Å². The predicted molar refractivity (Wildman–Crippen MR) is 171 cm³/mol. The summed E-state index contributed by atoms with van der Waals surface area (Å²) in [4.78, 5) is 16.1. The van der Waals surface area contributed by atoms with E-state index < -0.39 is 10.0 Å². The van der Waals surface area contributed by atoms with Crippen molar-refractivity contribution in [2.75, 3.05) is 18.1 Å². The fourth-order valence-corrected chi connectivity index (χ4v) is 6.10. The molecule has 1 amide bonds. The van der Waals surface area contributed by atoms with Crippen molar-refractivity contribution in [2.45, 2.75) is 38.1 Å². The number of anilines is 1. The van der Waals surface area contributed by atoms with E-state index in [2.05, 4.69) is 4.72 Å². The highest BCUT2D eigenvalue weighted by atomic mass is 35.5. The molecule has 9 heteroatoms. The molecule has 0 aliphatic heterocycles. The van der Waals surface area contributed by atoms with Crippen LogP contribution in [0.25, 0.3) is 22.1 Å². The summed E-state index contributed by atoms with van der Waals surface area (Å²) in [5.74, 6) is 0.491. The fraction of sp³-hybridized carbons (Fsp3) is 0.206. The molecule has 0 fully saturated rings. The number of nitrogens with zero attached hydrogens (tertiary/aromatic N) is 1. The summed E-state index contributed by atoms with van der Waals surface area (Å²) in [6.07, 6.45) is 1.52. The Labute approximate surface area is 257 Å². The predicted octanol–water partition coefficient (Wildman–Crippen LogP) is 8.08. The first-order valence-corrected chi connectivity index (χ1v) is 16.1. The molecule has 0 saturated carbocycles. The smallest absolute Gasteiger partial charge is 0.294 e. The number of sulfonamides is 1. The van der Waals surface area contributed by atoms with Gasteiger partial charge in [-0.1, -0.05) is 74.0 Å². The number of carbonyl (C=O) groups is 1. The minimum atomic E-state index is -3.62. The molecule has 222 valence electrons. The normalized spacial score (nSPS) is 11.5. The molecular weight excluding hydrogens is 584 g/mol. The van der Waals surface area contributed by atoms with Crippen molar-refractivity contribution >= 4 is 44.2 Å². The van der Waals surface area contributed by atoms with Crippen LogP contribution in [-0.4, -0.2) is 27.5 Å². The van der Waals surface area contributed by atoms with Crippen LogP contribution in [-0.2, 0) is 16.6 Å². The van der Waals surface area contributed by atoms with E-state index in [1.807, 2.05) is 68.4 Å². The molecule has 7 nitrogen and oxygen atoms in total. The highest BCUT2D eigenvalue weighted by molar-refractivity contribution is 7.89. The Hall–Kier alpha value is -4.11. The molecule has 5 aromatic rings. The number of furan rings is 1. The summed E-state index contributed by atoms with van der Waals surface area (Å²) in [6.45, 7) is 4.97. The SMILES string of the molecule is CCCNS(=O)(=O)c1ccc(-c2ccccc2N(Cc2cc(Cl)ccc2OCCC)C(=O)c2cc3ccccc3o2)cc1. The third-order valence-corrected chi connectivity index (χ3v) is 8.62. The first kappa shape index (κ1) is 30.4. The average Bonchev–Trinajstić information content (AvgIpc) is 3.47. The highest BCUT2D eigenvalue weighted by Gasteiger charge is 2.26. The van der Waals surface area contributed by atoms with Gasteiger partial charge in [0.25, 0.3) is 5.91 Å². The molecule has 0 aliphatic carbocycles. The molecule has 1 aromatic heterocycles.